The number of likely N-dealkylation sites (tertiary alicyclic amines) is 1. The molecule has 1 aliphatic rings. The Morgan fingerprint density at radius 2 is 1.64 bits per heavy atom. The van der Waals surface area contributed by atoms with Crippen molar-refractivity contribution < 1.29 is 24.2 Å². The summed E-state index contributed by atoms with van der Waals surface area (Å²) < 4.78 is 5.86. The maximum Gasteiger partial charge on any atom is 0.310 e. The highest BCUT2D eigenvalue weighted by Gasteiger charge is 2.39. The minimum atomic E-state index is -0.919. The number of benzene rings is 2. The lowest BCUT2D eigenvalue weighted by Crippen LogP contribution is -2.59. The average molecular weight is 655 g/mol. The molecule has 2 N–H and O–H groups in total. The van der Waals surface area contributed by atoms with Crippen LogP contribution >= 0.6 is 11.3 Å². The summed E-state index contributed by atoms with van der Waals surface area (Å²) in [5.74, 6) is 0.0139. The molecule has 3 heterocycles. The summed E-state index contributed by atoms with van der Waals surface area (Å²) in [4.78, 5) is 50.2. The number of carboxylic acid groups (broad SMARTS) is 1. The van der Waals surface area contributed by atoms with Gasteiger partial charge in [0.1, 0.15) is 11.8 Å². The number of carbonyl (C=O) groups is 3. The molecule has 0 saturated carbocycles. The first-order chi connectivity index (χ1) is 22.7. The van der Waals surface area contributed by atoms with Crippen molar-refractivity contribution in [2.75, 3.05) is 19.7 Å². The van der Waals surface area contributed by atoms with E-state index in [1.807, 2.05) is 54.6 Å². The summed E-state index contributed by atoms with van der Waals surface area (Å²) in [5, 5.41) is 12.2. The zero-order valence-electron chi connectivity index (χ0n) is 27.1. The molecule has 2 aromatic heterocycles. The van der Waals surface area contributed by atoms with Crippen molar-refractivity contribution in [3.05, 3.63) is 88.4 Å². The summed E-state index contributed by atoms with van der Waals surface area (Å²) in [7, 11) is 0. The number of rotatable bonds is 15. The number of ether oxygens (including phenoxy) is 1. The fourth-order valence-electron chi connectivity index (χ4n) is 5.42. The van der Waals surface area contributed by atoms with Crippen LogP contribution in [0.1, 0.15) is 60.1 Å². The van der Waals surface area contributed by atoms with Gasteiger partial charge >= 0.3 is 5.97 Å². The van der Waals surface area contributed by atoms with E-state index in [2.05, 4.69) is 36.1 Å². The molecule has 1 atom stereocenters. The van der Waals surface area contributed by atoms with Gasteiger partial charge in [0.25, 0.3) is 5.91 Å². The van der Waals surface area contributed by atoms with E-state index in [9.17, 15) is 19.5 Å². The van der Waals surface area contributed by atoms with Crippen molar-refractivity contribution in [2.45, 2.75) is 58.9 Å². The summed E-state index contributed by atoms with van der Waals surface area (Å²) in [6.45, 7) is 7.51. The topological polar surface area (TPSA) is 122 Å². The van der Waals surface area contributed by atoms with Gasteiger partial charge in [-0.15, -0.1) is 11.3 Å². The SMILES string of the molecule is CCCc1ccc(C(=O)N[C@@H](Cc2ccc(-c3ncc(-c4ccc(OCCCC(C)C)cc4)cn3)cc2)C(=O)N2CC(C(=O)O)C2)s1. The quantitative estimate of drug-likeness (QED) is 0.140. The molecular weight excluding hydrogens is 612 g/mol. The fraction of sp³-hybridized carbons (Fsp3) is 0.378. The molecule has 0 spiro atoms. The van der Waals surface area contributed by atoms with Crippen LogP contribution in [0.2, 0.25) is 0 Å². The van der Waals surface area contributed by atoms with Gasteiger partial charge in [-0.25, -0.2) is 9.97 Å². The smallest absolute Gasteiger partial charge is 0.310 e. The largest absolute Gasteiger partial charge is 0.494 e. The van der Waals surface area contributed by atoms with E-state index in [0.717, 1.165) is 58.6 Å². The summed E-state index contributed by atoms with van der Waals surface area (Å²) in [6.07, 6.45) is 7.92. The molecule has 10 heteroatoms. The summed E-state index contributed by atoms with van der Waals surface area (Å²) in [5.41, 5.74) is 3.58. The van der Waals surface area contributed by atoms with Crippen molar-refractivity contribution in [3.8, 4) is 28.3 Å². The molecule has 246 valence electrons. The third-order valence-electron chi connectivity index (χ3n) is 8.21. The van der Waals surface area contributed by atoms with Crippen molar-refractivity contribution in [2.24, 2.45) is 11.8 Å². The number of carboxylic acids is 1. The predicted octanol–water partition coefficient (Wildman–Crippen LogP) is 6.52. The first-order valence-corrected chi connectivity index (χ1v) is 17.1. The van der Waals surface area contributed by atoms with Gasteiger partial charge in [-0.2, -0.15) is 0 Å². The Bertz CT molecular complexity index is 1650. The second-order valence-electron chi connectivity index (χ2n) is 12.4. The first-order valence-electron chi connectivity index (χ1n) is 16.3. The number of nitrogens with one attached hydrogen (secondary N) is 1. The molecule has 1 fully saturated rings. The lowest BCUT2D eigenvalue weighted by molar-refractivity contribution is -0.153. The van der Waals surface area contributed by atoms with Crippen LogP contribution in [0.4, 0.5) is 0 Å². The highest BCUT2D eigenvalue weighted by molar-refractivity contribution is 7.14. The van der Waals surface area contributed by atoms with Crippen LogP contribution in [-0.4, -0.2) is 63.5 Å². The Morgan fingerprint density at radius 3 is 2.28 bits per heavy atom. The normalized spacial score (nSPS) is 13.7. The molecule has 1 saturated heterocycles. The number of aromatic nitrogens is 2. The summed E-state index contributed by atoms with van der Waals surface area (Å²) >= 11 is 1.43. The number of thiophene rings is 1. The molecular formula is C37H42N4O5S. The number of amides is 2. The molecule has 0 bridgehead atoms. The van der Waals surface area contributed by atoms with Crippen molar-refractivity contribution in [1.29, 1.82) is 0 Å². The molecule has 5 rings (SSSR count). The molecule has 0 unspecified atom stereocenters. The number of nitrogens with zero attached hydrogens (tertiary/aromatic N) is 3. The zero-order valence-corrected chi connectivity index (χ0v) is 28.0. The maximum absolute atomic E-state index is 13.4. The van der Waals surface area contributed by atoms with Gasteiger partial charge < -0.3 is 20.1 Å². The van der Waals surface area contributed by atoms with E-state index in [0.29, 0.717) is 23.2 Å². The predicted molar refractivity (Wildman–Crippen MR) is 183 cm³/mol. The van der Waals surface area contributed by atoms with Crippen LogP contribution in [-0.2, 0) is 22.4 Å². The van der Waals surface area contributed by atoms with Crippen LogP contribution in [0.5, 0.6) is 5.75 Å². The Kier molecular flexibility index (Phi) is 11.4. The van der Waals surface area contributed by atoms with Gasteiger partial charge in [-0.05, 0) is 60.6 Å². The molecule has 1 aliphatic heterocycles. The van der Waals surface area contributed by atoms with Crippen molar-refractivity contribution in [3.63, 3.8) is 0 Å². The van der Waals surface area contributed by atoms with Gasteiger partial charge in [-0.3, -0.25) is 14.4 Å². The Labute approximate surface area is 280 Å². The van der Waals surface area contributed by atoms with Crippen LogP contribution in [0.15, 0.2) is 73.1 Å². The molecule has 4 aromatic rings. The lowest BCUT2D eigenvalue weighted by Gasteiger charge is -2.38. The van der Waals surface area contributed by atoms with Crippen LogP contribution in [0.3, 0.4) is 0 Å². The Morgan fingerprint density at radius 1 is 0.957 bits per heavy atom. The maximum atomic E-state index is 13.4. The number of aliphatic carboxylic acids is 1. The first kappa shape index (κ1) is 33.8. The second kappa shape index (κ2) is 15.8. The third kappa shape index (κ3) is 9.04. The molecule has 2 amide bonds. The number of hydrogen-bond acceptors (Lipinski definition) is 7. The monoisotopic (exact) mass is 654 g/mol. The minimum absolute atomic E-state index is 0.142. The van der Waals surface area contributed by atoms with E-state index in [1.165, 1.54) is 16.2 Å². The van der Waals surface area contributed by atoms with Crippen LogP contribution < -0.4 is 10.1 Å². The van der Waals surface area contributed by atoms with Gasteiger partial charge in [0.2, 0.25) is 5.91 Å². The Hall–Kier alpha value is -4.57. The van der Waals surface area contributed by atoms with Gasteiger partial charge in [0.15, 0.2) is 5.82 Å². The van der Waals surface area contributed by atoms with Gasteiger partial charge in [0, 0.05) is 47.9 Å². The summed E-state index contributed by atoms with van der Waals surface area (Å²) in [6, 6.07) is 18.5. The van der Waals surface area contributed by atoms with Crippen molar-refractivity contribution >= 4 is 29.1 Å². The fourth-order valence-corrected chi connectivity index (χ4v) is 6.43. The number of hydrogen-bond donors (Lipinski definition) is 2. The van der Waals surface area contributed by atoms with E-state index < -0.39 is 17.9 Å². The van der Waals surface area contributed by atoms with Crippen LogP contribution in [0.25, 0.3) is 22.5 Å². The van der Waals surface area contributed by atoms with Crippen molar-refractivity contribution in [1.82, 2.24) is 20.2 Å². The van der Waals surface area contributed by atoms with Crippen LogP contribution in [0, 0.1) is 11.8 Å². The second-order valence-corrected chi connectivity index (χ2v) is 13.6. The van der Waals surface area contributed by atoms with E-state index >= 15 is 0 Å². The average Bonchev–Trinajstić information content (AvgIpc) is 3.52. The minimum Gasteiger partial charge on any atom is -0.494 e. The highest BCUT2D eigenvalue weighted by Crippen LogP contribution is 2.25. The van der Waals surface area contributed by atoms with Gasteiger partial charge in [-0.1, -0.05) is 63.6 Å². The number of aryl methyl sites for hydroxylation is 1. The molecule has 2 aromatic carbocycles. The Balaban J connectivity index is 1.22. The van der Waals surface area contributed by atoms with E-state index in [-0.39, 0.29) is 31.3 Å². The molecule has 0 aliphatic carbocycles. The molecule has 0 radical (unpaired) electrons. The van der Waals surface area contributed by atoms with E-state index in [1.54, 1.807) is 18.5 Å². The highest BCUT2D eigenvalue weighted by atomic mass is 32.1. The van der Waals surface area contributed by atoms with E-state index in [4.69, 9.17) is 4.74 Å². The number of carbonyl (C=O) groups excluding carboxylic acids is 2. The standard InChI is InChI=1S/C37H42N4O5S/c1-4-6-31-16-17-33(47-31)35(42)40-32(36(43)41-22-29(23-41)37(44)45)19-25-8-10-27(11-9-25)34-38-20-28(21-39-34)26-12-14-30(15-13-26)46-18-5-7-24(2)3/h8-17,20-21,24,29,32H,4-7,18-19,22-23H2,1-3H3,(H,40,42)(H,44,45)/t32-/m0/s1. The van der Waals surface area contributed by atoms with Gasteiger partial charge in [0.05, 0.1) is 17.4 Å². The third-order valence-corrected chi connectivity index (χ3v) is 9.36. The molecule has 9 nitrogen and oxygen atoms in total. The lowest BCUT2D eigenvalue weighted by atomic mass is 9.97. The zero-order chi connectivity index (χ0) is 33.3. The molecule has 47 heavy (non-hydrogen) atoms.